The second-order valence-corrected chi connectivity index (χ2v) is 6.41. The van der Waals surface area contributed by atoms with E-state index in [2.05, 4.69) is 4.98 Å². The molecule has 3 rings (SSSR count). The zero-order valence-corrected chi connectivity index (χ0v) is 14.8. The number of benzene rings is 1. The van der Waals surface area contributed by atoms with Crippen LogP contribution in [0.2, 0.25) is 0 Å². The first-order valence-corrected chi connectivity index (χ1v) is 8.72. The van der Waals surface area contributed by atoms with Gasteiger partial charge in [0.05, 0.1) is 13.4 Å². The molecule has 0 aliphatic carbocycles. The van der Waals surface area contributed by atoms with Gasteiger partial charge in [0.15, 0.2) is 11.5 Å². The highest BCUT2D eigenvalue weighted by atomic mass is 16.5. The first kappa shape index (κ1) is 17.3. The molecule has 1 aromatic carbocycles. The predicted octanol–water partition coefficient (Wildman–Crippen LogP) is 2.91. The molecule has 6 nitrogen and oxygen atoms in total. The molecule has 1 amide bonds. The third kappa shape index (κ3) is 4.32. The van der Waals surface area contributed by atoms with Crippen LogP contribution in [0.4, 0.5) is 0 Å². The molecule has 0 saturated carbocycles. The minimum Gasteiger partial charge on any atom is -0.493 e. The molecule has 1 saturated heterocycles. The third-order valence-corrected chi connectivity index (χ3v) is 4.66. The molecule has 1 aromatic heterocycles. The summed E-state index contributed by atoms with van der Waals surface area (Å²) in [5.41, 5.74) is 0. The zero-order chi connectivity index (χ0) is 17.6. The van der Waals surface area contributed by atoms with E-state index in [1.807, 2.05) is 46.9 Å². The van der Waals surface area contributed by atoms with Gasteiger partial charge in [-0.3, -0.25) is 4.79 Å². The summed E-state index contributed by atoms with van der Waals surface area (Å²) in [4.78, 5) is 18.5. The van der Waals surface area contributed by atoms with Gasteiger partial charge < -0.3 is 18.9 Å². The second-order valence-electron chi connectivity index (χ2n) is 6.41. The van der Waals surface area contributed by atoms with E-state index in [4.69, 9.17) is 9.47 Å². The Hall–Kier alpha value is -2.50. The van der Waals surface area contributed by atoms with Crippen molar-refractivity contribution in [1.29, 1.82) is 0 Å². The van der Waals surface area contributed by atoms with Crippen LogP contribution in [0.15, 0.2) is 43.0 Å². The summed E-state index contributed by atoms with van der Waals surface area (Å²) in [7, 11) is 1.64. The van der Waals surface area contributed by atoms with Gasteiger partial charge in [-0.1, -0.05) is 12.1 Å². The molecule has 25 heavy (non-hydrogen) atoms. The monoisotopic (exact) mass is 343 g/mol. The fraction of sp³-hybridized carbons (Fsp3) is 0.474. The Morgan fingerprint density at radius 3 is 2.64 bits per heavy atom. The van der Waals surface area contributed by atoms with E-state index < -0.39 is 0 Å². The number of aromatic nitrogens is 2. The molecule has 1 fully saturated rings. The number of amides is 1. The minimum atomic E-state index is 0.117. The first-order chi connectivity index (χ1) is 12.2. The van der Waals surface area contributed by atoms with E-state index in [0.717, 1.165) is 37.4 Å². The van der Waals surface area contributed by atoms with Crippen molar-refractivity contribution in [2.24, 2.45) is 0 Å². The molecule has 134 valence electrons. The fourth-order valence-electron chi connectivity index (χ4n) is 3.14. The van der Waals surface area contributed by atoms with Crippen LogP contribution in [-0.2, 0) is 4.79 Å². The Morgan fingerprint density at radius 1 is 1.28 bits per heavy atom. The normalized spacial score (nSPS) is 16.5. The van der Waals surface area contributed by atoms with Crippen LogP contribution >= 0.6 is 0 Å². The van der Waals surface area contributed by atoms with E-state index in [9.17, 15) is 4.79 Å². The Morgan fingerprint density at radius 2 is 2.00 bits per heavy atom. The van der Waals surface area contributed by atoms with Gasteiger partial charge in [-0.05, 0) is 19.1 Å². The molecule has 2 aromatic rings. The van der Waals surface area contributed by atoms with E-state index in [-0.39, 0.29) is 18.1 Å². The number of hydrogen-bond donors (Lipinski definition) is 0. The highest BCUT2D eigenvalue weighted by Crippen LogP contribution is 2.29. The Labute approximate surface area is 148 Å². The Kier molecular flexibility index (Phi) is 5.58. The number of imidazole rings is 1. The minimum absolute atomic E-state index is 0.117. The number of nitrogens with zero attached hydrogens (tertiary/aromatic N) is 3. The van der Waals surface area contributed by atoms with E-state index in [1.165, 1.54) is 0 Å². The lowest BCUT2D eigenvalue weighted by Crippen LogP contribution is -2.42. The molecule has 0 N–H and O–H groups in total. The summed E-state index contributed by atoms with van der Waals surface area (Å²) < 4.78 is 13.4. The largest absolute Gasteiger partial charge is 0.493 e. The predicted molar refractivity (Wildman–Crippen MR) is 94.8 cm³/mol. The standard InChI is InChI=1S/C19H25N3O3/c1-15(22-12-9-20-14-22)13-19(23)21-10-7-16(8-11-21)25-18-6-4-3-5-17(18)24-2/h3-6,9,12,14-16H,7-8,10-11,13H2,1-2H3. The van der Waals surface area contributed by atoms with Crippen molar-refractivity contribution in [2.45, 2.75) is 38.3 Å². The summed E-state index contributed by atoms with van der Waals surface area (Å²) in [5, 5.41) is 0. The molecule has 1 aliphatic heterocycles. The van der Waals surface area contributed by atoms with Crippen LogP contribution in [-0.4, -0.2) is 46.7 Å². The number of carbonyl (C=O) groups is 1. The summed E-state index contributed by atoms with van der Waals surface area (Å²) >= 11 is 0. The van der Waals surface area contributed by atoms with Crippen molar-refractivity contribution in [2.75, 3.05) is 20.2 Å². The van der Waals surface area contributed by atoms with Crippen molar-refractivity contribution in [3.8, 4) is 11.5 Å². The summed E-state index contributed by atoms with van der Waals surface area (Å²) in [6.45, 7) is 3.50. The molecular formula is C19H25N3O3. The van der Waals surface area contributed by atoms with E-state index in [0.29, 0.717) is 6.42 Å². The highest BCUT2D eigenvalue weighted by Gasteiger charge is 2.25. The summed E-state index contributed by atoms with van der Waals surface area (Å²) in [6.07, 6.45) is 7.67. The van der Waals surface area contributed by atoms with Gasteiger partial charge in [0.1, 0.15) is 6.10 Å². The average molecular weight is 343 g/mol. The summed E-state index contributed by atoms with van der Waals surface area (Å²) in [6, 6.07) is 7.80. The molecule has 0 spiro atoms. The van der Waals surface area contributed by atoms with E-state index in [1.54, 1.807) is 19.6 Å². The maximum absolute atomic E-state index is 12.5. The number of likely N-dealkylation sites (tertiary alicyclic amines) is 1. The number of methoxy groups -OCH3 is 1. The van der Waals surface area contributed by atoms with Gasteiger partial charge in [0.2, 0.25) is 5.91 Å². The Bertz CT molecular complexity index is 679. The van der Waals surface area contributed by atoms with Crippen LogP contribution in [0, 0.1) is 0 Å². The SMILES string of the molecule is COc1ccccc1OC1CCN(C(=O)CC(C)n2ccnc2)CC1. The lowest BCUT2D eigenvalue weighted by molar-refractivity contribution is -0.133. The molecule has 1 atom stereocenters. The molecule has 0 bridgehead atoms. The van der Waals surface area contributed by atoms with Gasteiger partial charge in [-0.15, -0.1) is 0 Å². The number of piperidine rings is 1. The van der Waals surface area contributed by atoms with Crippen LogP contribution in [0.3, 0.4) is 0 Å². The third-order valence-electron chi connectivity index (χ3n) is 4.66. The summed E-state index contributed by atoms with van der Waals surface area (Å²) in [5.74, 6) is 1.70. The van der Waals surface area contributed by atoms with Crippen molar-refractivity contribution in [3.63, 3.8) is 0 Å². The van der Waals surface area contributed by atoms with Crippen molar-refractivity contribution >= 4 is 5.91 Å². The van der Waals surface area contributed by atoms with Gasteiger partial charge in [0, 0.05) is 50.8 Å². The number of hydrogen-bond acceptors (Lipinski definition) is 4. The van der Waals surface area contributed by atoms with Crippen molar-refractivity contribution in [3.05, 3.63) is 43.0 Å². The van der Waals surface area contributed by atoms with E-state index >= 15 is 0 Å². The molecule has 1 aliphatic rings. The van der Waals surface area contributed by atoms with Crippen molar-refractivity contribution < 1.29 is 14.3 Å². The average Bonchev–Trinajstić information content (AvgIpc) is 3.17. The topological polar surface area (TPSA) is 56.6 Å². The zero-order valence-electron chi connectivity index (χ0n) is 14.8. The molecule has 6 heteroatoms. The smallest absolute Gasteiger partial charge is 0.224 e. The fourth-order valence-corrected chi connectivity index (χ4v) is 3.14. The van der Waals surface area contributed by atoms with Crippen LogP contribution < -0.4 is 9.47 Å². The van der Waals surface area contributed by atoms with Gasteiger partial charge >= 0.3 is 0 Å². The van der Waals surface area contributed by atoms with Gasteiger partial charge in [-0.25, -0.2) is 4.98 Å². The van der Waals surface area contributed by atoms with Crippen LogP contribution in [0.5, 0.6) is 11.5 Å². The second kappa shape index (κ2) is 8.05. The molecule has 1 unspecified atom stereocenters. The Balaban J connectivity index is 1.49. The maximum atomic E-state index is 12.5. The number of rotatable bonds is 6. The van der Waals surface area contributed by atoms with Gasteiger partial charge in [-0.2, -0.15) is 0 Å². The molecular weight excluding hydrogens is 318 g/mol. The molecule has 0 radical (unpaired) electrons. The maximum Gasteiger partial charge on any atom is 0.224 e. The number of carbonyl (C=O) groups excluding carboxylic acids is 1. The number of ether oxygens (including phenoxy) is 2. The van der Waals surface area contributed by atoms with Crippen LogP contribution in [0.1, 0.15) is 32.2 Å². The molecule has 2 heterocycles. The van der Waals surface area contributed by atoms with Gasteiger partial charge in [0.25, 0.3) is 0 Å². The highest BCUT2D eigenvalue weighted by molar-refractivity contribution is 5.76. The van der Waals surface area contributed by atoms with Crippen LogP contribution in [0.25, 0.3) is 0 Å². The quantitative estimate of drug-likeness (QED) is 0.809. The number of para-hydroxylation sites is 2. The van der Waals surface area contributed by atoms with Crippen molar-refractivity contribution in [1.82, 2.24) is 14.5 Å². The lowest BCUT2D eigenvalue weighted by Gasteiger charge is -2.33. The lowest BCUT2D eigenvalue weighted by atomic mass is 10.1. The first-order valence-electron chi connectivity index (χ1n) is 8.72.